The van der Waals surface area contributed by atoms with Crippen molar-refractivity contribution in [3.05, 3.63) is 0 Å². The monoisotopic (exact) mass is 131 g/mol. The lowest BCUT2D eigenvalue weighted by Crippen LogP contribution is -2.28. The molecule has 0 aromatic rings. The van der Waals surface area contributed by atoms with Crippen molar-refractivity contribution in [1.82, 2.24) is 5.32 Å². The van der Waals surface area contributed by atoms with E-state index in [2.05, 4.69) is 12.2 Å². The summed E-state index contributed by atoms with van der Waals surface area (Å²) in [4.78, 5) is 0. The van der Waals surface area contributed by atoms with Crippen molar-refractivity contribution in [2.24, 2.45) is 0 Å². The van der Waals surface area contributed by atoms with E-state index in [1.165, 1.54) is 0 Å². The molecule has 54 valence electrons. The number of ether oxygens (including phenoxy) is 1. The zero-order chi connectivity index (χ0) is 6.69. The zero-order valence-corrected chi connectivity index (χ0v) is 5.63. The lowest BCUT2D eigenvalue weighted by atomic mass is 10.3. The van der Waals surface area contributed by atoms with Crippen LogP contribution in [-0.4, -0.2) is 30.6 Å². The summed E-state index contributed by atoms with van der Waals surface area (Å²) < 4.78 is 5.23. The summed E-state index contributed by atoms with van der Waals surface area (Å²) in [5.41, 5.74) is 0. The molecule has 0 saturated carbocycles. The number of aliphatic hydroxyl groups is 1. The van der Waals surface area contributed by atoms with Gasteiger partial charge in [0.1, 0.15) is 6.23 Å². The topological polar surface area (TPSA) is 41.5 Å². The third-order valence-electron chi connectivity index (χ3n) is 1.41. The highest BCUT2D eigenvalue weighted by molar-refractivity contribution is 4.70. The summed E-state index contributed by atoms with van der Waals surface area (Å²) in [7, 11) is 0. The average molecular weight is 131 g/mol. The summed E-state index contributed by atoms with van der Waals surface area (Å²) in [5.74, 6) is 0. The Hall–Kier alpha value is -0.120. The number of aliphatic hydroxyl groups excluding tert-OH is 1. The standard InChI is InChI=1S/C6H13NO2/c1-5-4-9-6(7-5)2-3-8/h5-8H,2-4H2,1H3. The predicted octanol–water partition coefficient (Wildman–Crippen LogP) is -0.297. The molecule has 1 heterocycles. The normalized spacial score (nSPS) is 35.3. The molecule has 0 aliphatic carbocycles. The Kier molecular flexibility index (Phi) is 2.45. The van der Waals surface area contributed by atoms with Gasteiger partial charge in [-0.25, -0.2) is 0 Å². The van der Waals surface area contributed by atoms with Crippen molar-refractivity contribution in [2.45, 2.75) is 25.6 Å². The molecule has 1 fully saturated rings. The fraction of sp³-hybridized carbons (Fsp3) is 1.00. The van der Waals surface area contributed by atoms with E-state index in [4.69, 9.17) is 9.84 Å². The molecule has 3 nitrogen and oxygen atoms in total. The first kappa shape index (κ1) is 6.99. The second-order valence-corrected chi connectivity index (χ2v) is 2.40. The molecular weight excluding hydrogens is 118 g/mol. The van der Waals surface area contributed by atoms with E-state index in [9.17, 15) is 0 Å². The zero-order valence-electron chi connectivity index (χ0n) is 5.63. The second kappa shape index (κ2) is 3.15. The van der Waals surface area contributed by atoms with E-state index in [1.54, 1.807) is 0 Å². The molecule has 0 radical (unpaired) electrons. The summed E-state index contributed by atoms with van der Waals surface area (Å²) in [5, 5.41) is 11.7. The average Bonchev–Trinajstić information content (AvgIpc) is 2.17. The van der Waals surface area contributed by atoms with Gasteiger partial charge in [-0.1, -0.05) is 0 Å². The summed E-state index contributed by atoms with van der Waals surface area (Å²) in [6, 6.07) is 0.446. The maximum atomic E-state index is 8.49. The van der Waals surface area contributed by atoms with Gasteiger partial charge in [0, 0.05) is 19.1 Å². The first-order valence-corrected chi connectivity index (χ1v) is 3.31. The fourth-order valence-corrected chi connectivity index (χ4v) is 0.958. The Morgan fingerprint density at radius 2 is 2.56 bits per heavy atom. The van der Waals surface area contributed by atoms with Crippen LogP contribution >= 0.6 is 0 Å². The van der Waals surface area contributed by atoms with Crippen LogP contribution in [0.5, 0.6) is 0 Å². The first-order chi connectivity index (χ1) is 4.33. The molecule has 9 heavy (non-hydrogen) atoms. The molecule has 0 bridgehead atoms. The Morgan fingerprint density at radius 1 is 1.78 bits per heavy atom. The van der Waals surface area contributed by atoms with Crippen LogP contribution in [0.15, 0.2) is 0 Å². The van der Waals surface area contributed by atoms with E-state index in [0.717, 1.165) is 6.61 Å². The third kappa shape index (κ3) is 1.93. The van der Waals surface area contributed by atoms with Gasteiger partial charge in [-0.05, 0) is 6.92 Å². The molecule has 2 atom stereocenters. The SMILES string of the molecule is CC1COC(CCO)N1. The quantitative estimate of drug-likeness (QED) is 0.540. The molecule has 2 unspecified atom stereocenters. The largest absolute Gasteiger partial charge is 0.396 e. The van der Waals surface area contributed by atoms with Crippen LogP contribution < -0.4 is 5.32 Å². The van der Waals surface area contributed by atoms with Gasteiger partial charge in [-0.2, -0.15) is 0 Å². The van der Waals surface area contributed by atoms with Crippen molar-refractivity contribution < 1.29 is 9.84 Å². The molecule has 1 saturated heterocycles. The lowest BCUT2D eigenvalue weighted by molar-refractivity contribution is 0.0767. The van der Waals surface area contributed by atoms with Gasteiger partial charge in [0.05, 0.1) is 6.61 Å². The molecule has 0 spiro atoms. The van der Waals surface area contributed by atoms with Gasteiger partial charge in [0.15, 0.2) is 0 Å². The van der Waals surface area contributed by atoms with E-state index in [0.29, 0.717) is 12.5 Å². The smallest absolute Gasteiger partial charge is 0.110 e. The molecule has 0 aromatic heterocycles. The van der Waals surface area contributed by atoms with Gasteiger partial charge in [0.2, 0.25) is 0 Å². The third-order valence-corrected chi connectivity index (χ3v) is 1.41. The molecule has 1 rings (SSSR count). The highest BCUT2D eigenvalue weighted by Gasteiger charge is 2.19. The van der Waals surface area contributed by atoms with Crippen molar-refractivity contribution in [3.63, 3.8) is 0 Å². The van der Waals surface area contributed by atoms with E-state index < -0.39 is 0 Å². The van der Waals surface area contributed by atoms with Crippen LogP contribution in [0, 0.1) is 0 Å². The highest BCUT2D eigenvalue weighted by atomic mass is 16.5. The van der Waals surface area contributed by atoms with Gasteiger partial charge in [-0.15, -0.1) is 0 Å². The molecule has 2 N–H and O–H groups in total. The second-order valence-electron chi connectivity index (χ2n) is 2.40. The maximum absolute atomic E-state index is 8.49. The number of nitrogens with one attached hydrogen (secondary N) is 1. The van der Waals surface area contributed by atoms with Crippen LogP contribution in [0.1, 0.15) is 13.3 Å². The van der Waals surface area contributed by atoms with Crippen LogP contribution in [0.4, 0.5) is 0 Å². The van der Waals surface area contributed by atoms with Gasteiger partial charge < -0.3 is 9.84 Å². The Balaban J connectivity index is 2.14. The summed E-state index contributed by atoms with van der Waals surface area (Å²) in [6.07, 6.45) is 0.787. The van der Waals surface area contributed by atoms with E-state index in [-0.39, 0.29) is 12.8 Å². The van der Waals surface area contributed by atoms with E-state index >= 15 is 0 Å². The summed E-state index contributed by atoms with van der Waals surface area (Å²) >= 11 is 0. The first-order valence-electron chi connectivity index (χ1n) is 3.31. The van der Waals surface area contributed by atoms with Crippen LogP contribution in [0.25, 0.3) is 0 Å². The molecule has 1 aliphatic heterocycles. The van der Waals surface area contributed by atoms with Crippen molar-refractivity contribution >= 4 is 0 Å². The molecular formula is C6H13NO2. The lowest BCUT2D eigenvalue weighted by Gasteiger charge is -2.06. The van der Waals surface area contributed by atoms with Crippen molar-refractivity contribution in [2.75, 3.05) is 13.2 Å². The van der Waals surface area contributed by atoms with Crippen LogP contribution in [-0.2, 0) is 4.74 Å². The highest BCUT2D eigenvalue weighted by Crippen LogP contribution is 2.04. The Morgan fingerprint density at radius 3 is 3.00 bits per heavy atom. The number of rotatable bonds is 2. The van der Waals surface area contributed by atoms with Crippen molar-refractivity contribution in [1.29, 1.82) is 0 Å². The molecule has 3 heteroatoms. The minimum Gasteiger partial charge on any atom is -0.396 e. The Labute approximate surface area is 55.0 Å². The molecule has 0 aromatic carbocycles. The Bertz CT molecular complexity index is 85.1. The van der Waals surface area contributed by atoms with Crippen LogP contribution in [0.2, 0.25) is 0 Å². The molecule has 0 amide bonds. The van der Waals surface area contributed by atoms with Gasteiger partial charge in [-0.3, -0.25) is 5.32 Å². The summed E-state index contributed by atoms with van der Waals surface area (Å²) in [6.45, 7) is 3.03. The predicted molar refractivity (Wildman–Crippen MR) is 34.0 cm³/mol. The van der Waals surface area contributed by atoms with Gasteiger partial charge in [0.25, 0.3) is 0 Å². The number of hydrogen-bond acceptors (Lipinski definition) is 3. The van der Waals surface area contributed by atoms with Gasteiger partial charge >= 0.3 is 0 Å². The van der Waals surface area contributed by atoms with Crippen LogP contribution in [0.3, 0.4) is 0 Å². The minimum atomic E-state index is 0.0880. The minimum absolute atomic E-state index is 0.0880. The van der Waals surface area contributed by atoms with Crippen molar-refractivity contribution in [3.8, 4) is 0 Å². The fourth-order valence-electron chi connectivity index (χ4n) is 0.958. The van der Waals surface area contributed by atoms with E-state index in [1.807, 2.05) is 0 Å². The number of hydrogen-bond donors (Lipinski definition) is 2. The molecule has 1 aliphatic rings. The maximum Gasteiger partial charge on any atom is 0.110 e.